The zero-order valence-corrected chi connectivity index (χ0v) is 24.7. The summed E-state index contributed by atoms with van der Waals surface area (Å²) in [6.45, 7) is 0.547. The molecule has 3 aromatic carbocycles. The van der Waals surface area contributed by atoms with Gasteiger partial charge in [-0.15, -0.1) is 0 Å². The fourth-order valence-electron chi connectivity index (χ4n) is 7.25. The SMILES string of the molecule is COC(=O)NCC(=O)N1CCCC1c1nc2ccc(-c3ccc(-c4ccc(-c5cnc[nH]5)cc4)c4c3CC3(CC3)C4)cc2[nH]1. The molecule has 2 fully saturated rings. The zero-order valence-electron chi connectivity index (χ0n) is 24.7. The smallest absolute Gasteiger partial charge is 0.407 e. The van der Waals surface area contributed by atoms with Gasteiger partial charge in [0.25, 0.3) is 0 Å². The molecule has 1 saturated carbocycles. The molecule has 222 valence electrons. The molecule has 3 aliphatic rings. The third-order valence-electron chi connectivity index (χ3n) is 9.77. The fourth-order valence-corrected chi connectivity index (χ4v) is 7.25. The lowest BCUT2D eigenvalue weighted by Gasteiger charge is -2.23. The molecule has 1 aliphatic heterocycles. The average molecular weight is 587 g/mol. The highest BCUT2D eigenvalue weighted by Crippen LogP contribution is 2.58. The number of methoxy groups -OCH3 is 1. The summed E-state index contributed by atoms with van der Waals surface area (Å²) in [4.78, 5) is 41.9. The predicted molar refractivity (Wildman–Crippen MR) is 168 cm³/mol. The van der Waals surface area contributed by atoms with Gasteiger partial charge in [-0.3, -0.25) is 4.79 Å². The Bertz CT molecular complexity index is 1890. The van der Waals surface area contributed by atoms with Crippen molar-refractivity contribution in [2.45, 2.75) is 44.6 Å². The van der Waals surface area contributed by atoms with Crippen molar-refractivity contribution in [3.05, 3.63) is 84.1 Å². The Morgan fingerprint density at radius 3 is 2.43 bits per heavy atom. The summed E-state index contributed by atoms with van der Waals surface area (Å²) in [6.07, 6.45) is 9.54. The van der Waals surface area contributed by atoms with Gasteiger partial charge in [0.05, 0.1) is 42.4 Å². The topological polar surface area (TPSA) is 116 Å². The van der Waals surface area contributed by atoms with Crippen molar-refractivity contribution in [3.63, 3.8) is 0 Å². The second-order valence-electron chi connectivity index (χ2n) is 12.5. The quantitative estimate of drug-likeness (QED) is 0.220. The summed E-state index contributed by atoms with van der Waals surface area (Å²) in [5, 5.41) is 2.50. The molecule has 2 aromatic heterocycles. The number of rotatable bonds is 6. The van der Waals surface area contributed by atoms with Crippen LogP contribution in [0.25, 0.3) is 44.5 Å². The molecule has 1 saturated heterocycles. The molecule has 9 nitrogen and oxygen atoms in total. The molecule has 2 amide bonds. The number of H-pyrrole nitrogens is 2. The van der Waals surface area contributed by atoms with E-state index in [1.165, 1.54) is 53.3 Å². The highest BCUT2D eigenvalue weighted by Gasteiger charge is 2.48. The van der Waals surface area contributed by atoms with Gasteiger partial charge in [0, 0.05) is 6.54 Å². The number of likely N-dealkylation sites (tertiary alicyclic amines) is 1. The molecule has 8 rings (SSSR count). The summed E-state index contributed by atoms with van der Waals surface area (Å²) < 4.78 is 4.61. The van der Waals surface area contributed by atoms with E-state index in [4.69, 9.17) is 4.98 Å². The number of aromatic amines is 2. The van der Waals surface area contributed by atoms with E-state index in [9.17, 15) is 9.59 Å². The first kappa shape index (κ1) is 26.7. The van der Waals surface area contributed by atoms with Gasteiger partial charge in [0.2, 0.25) is 5.91 Å². The van der Waals surface area contributed by atoms with Crippen molar-refractivity contribution < 1.29 is 14.3 Å². The Balaban J connectivity index is 1.10. The highest BCUT2D eigenvalue weighted by atomic mass is 16.5. The van der Waals surface area contributed by atoms with Crippen molar-refractivity contribution in [3.8, 4) is 33.5 Å². The van der Waals surface area contributed by atoms with Crippen molar-refractivity contribution in [2.75, 3.05) is 20.2 Å². The lowest BCUT2D eigenvalue weighted by atomic mass is 9.90. The molecule has 0 bridgehead atoms. The van der Waals surface area contributed by atoms with E-state index in [0.717, 1.165) is 53.8 Å². The molecule has 5 aromatic rings. The van der Waals surface area contributed by atoms with Gasteiger partial charge in [0.15, 0.2) is 0 Å². The standard InChI is InChI=1S/C35H34N6O3/c1-44-34(43)37-19-32(42)41-14-2-3-31(41)33-39-28-11-8-23(15-29(28)40-33)25-10-9-24(26-16-35(12-13-35)17-27(25)26)21-4-6-22(7-5-21)30-18-36-20-38-30/h4-11,15,18,20,31H,2-3,12-14,16-17,19H2,1H3,(H,36,38)(H,37,43)(H,39,40). The van der Waals surface area contributed by atoms with Crippen LogP contribution < -0.4 is 5.32 Å². The first-order valence-corrected chi connectivity index (χ1v) is 15.4. The number of hydrogen-bond acceptors (Lipinski definition) is 5. The van der Waals surface area contributed by atoms with Crippen LogP contribution in [0.4, 0.5) is 4.79 Å². The molecule has 3 N–H and O–H groups in total. The number of aromatic nitrogens is 4. The Morgan fingerprint density at radius 2 is 1.73 bits per heavy atom. The molecular weight excluding hydrogens is 552 g/mol. The molecule has 9 heteroatoms. The number of nitrogens with one attached hydrogen (secondary N) is 3. The van der Waals surface area contributed by atoms with E-state index in [1.807, 2.05) is 6.20 Å². The third kappa shape index (κ3) is 4.63. The van der Waals surface area contributed by atoms with Crippen LogP contribution in [-0.4, -0.2) is 57.0 Å². The lowest BCUT2D eigenvalue weighted by Crippen LogP contribution is -2.40. The summed E-state index contributed by atoms with van der Waals surface area (Å²) >= 11 is 0. The highest BCUT2D eigenvalue weighted by molar-refractivity contribution is 5.86. The zero-order chi connectivity index (χ0) is 29.8. The number of benzene rings is 3. The van der Waals surface area contributed by atoms with Gasteiger partial charge in [-0.1, -0.05) is 42.5 Å². The number of carbonyl (C=O) groups is 2. The van der Waals surface area contributed by atoms with Crippen molar-refractivity contribution >= 4 is 23.0 Å². The van der Waals surface area contributed by atoms with Gasteiger partial charge >= 0.3 is 6.09 Å². The first-order chi connectivity index (χ1) is 21.5. The molecular formula is C35H34N6O3. The largest absolute Gasteiger partial charge is 0.453 e. The molecule has 2 aliphatic carbocycles. The minimum Gasteiger partial charge on any atom is -0.453 e. The normalized spacial score (nSPS) is 18.1. The minimum atomic E-state index is -0.610. The molecule has 1 spiro atoms. The van der Waals surface area contributed by atoms with Gasteiger partial charge < -0.3 is 24.9 Å². The molecule has 1 atom stereocenters. The monoisotopic (exact) mass is 586 g/mol. The van der Waals surface area contributed by atoms with E-state index in [0.29, 0.717) is 12.0 Å². The van der Waals surface area contributed by atoms with E-state index >= 15 is 0 Å². The molecule has 0 radical (unpaired) electrons. The lowest BCUT2D eigenvalue weighted by molar-refractivity contribution is -0.131. The Kier molecular flexibility index (Phi) is 6.29. The first-order valence-electron chi connectivity index (χ1n) is 15.4. The van der Waals surface area contributed by atoms with Crippen LogP contribution in [0.15, 0.2) is 67.1 Å². The number of hydrogen-bond donors (Lipinski definition) is 3. The summed E-state index contributed by atoms with van der Waals surface area (Å²) in [5.41, 5.74) is 12.5. The van der Waals surface area contributed by atoms with Crippen molar-refractivity contribution in [2.24, 2.45) is 5.41 Å². The van der Waals surface area contributed by atoms with Crippen LogP contribution in [0.2, 0.25) is 0 Å². The van der Waals surface area contributed by atoms with Crippen LogP contribution in [-0.2, 0) is 22.4 Å². The van der Waals surface area contributed by atoms with Crippen LogP contribution >= 0.6 is 0 Å². The van der Waals surface area contributed by atoms with Crippen LogP contribution in [0, 0.1) is 5.41 Å². The summed E-state index contributed by atoms with van der Waals surface area (Å²) in [6, 6.07) is 19.7. The Hall–Kier alpha value is -4.92. The Morgan fingerprint density at radius 1 is 1.00 bits per heavy atom. The average Bonchev–Trinajstić information content (AvgIpc) is 3.59. The third-order valence-corrected chi connectivity index (χ3v) is 9.77. The molecule has 3 heterocycles. The number of amides is 2. The maximum absolute atomic E-state index is 12.9. The van der Waals surface area contributed by atoms with Crippen LogP contribution in [0.3, 0.4) is 0 Å². The molecule has 1 unspecified atom stereocenters. The summed E-state index contributed by atoms with van der Waals surface area (Å²) in [7, 11) is 1.29. The second kappa shape index (κ2) is 10.4. The van der Waals surface area contributed by atoms with E-state index in [-0.39, 0.29) is 18.5 Å². The maximum atomic E-state index is 12.9. The second-order valence-corrected chi connectivity index (χ2v) is 12.5. The van der Waals surface area contributed by atoms with Crippen LogP contribution in [0.1, 0.15) is 48.7 Å². The number of fused-ring (bicyclic) bond motifs is 2. The van der Waals surface area contributed by atoms with Gasteiger partial charge in [-0.25, -0.2) is 14.8 Å². The van der Waals surface area contributed by atoms with Gasteiger partial charge in [-0.05, 0) is 95.0 Å². The van der Waals surface area contributed by atoms with E-state index in [2.05, 4.69) is 79.6 Å². The number of nitrogens with zero attached hydrogens (tertiary/aromatic N) is 3. The number of carbonyl (C=O) groups excluding carboxylic acids is 2. The fraction of sp³-hybridized carbons (Fsp3) is 0.314. The Labute approximate surface area is 255 Å². The van der Waals surface area contributed by atoms with Crippen LogP contribution in [0.5, 0.6) is 0 Å². The van der Waals surface area contributed by atoms with Crippen molar-refractivity contribution in [1.29, 1.82) is 0 Å². The predicted octanol–water partition coefficient (Wildman–Crippen LogP) is 6.19. The van der Waals surface area contributed by atoms with Gasteiger partial charge in [-0.2, -0.15) is 0 Å². The maximum Gasteiger partial charge on any atom is 0.407 e. The number of alkyl carbamates (subject to hydrolysis) is 1. The minimum absolute atomic E-state index is 0.0927. The molecule has 44 heavy (non-hydrogen) atoms. The van der Waals surface area contributed by atoms with Crippen molar-refractivity contribution in [1.82, 2.24) is 30.2 Å². The van der Waals surface area contributed by atoms with Gasteiger partial charge in [0.1, 0.15) is 12.4 Å². The summed E-state index contributed by atoms with van der Waals surface area (Å²) in [5.74, 6) is 0.650. The van der Waals surface area contributed by atoms with E-state index < -0.39 is 6.09 Å². The number of ether oxygens (including phenoxy) is 1. The van der Waals surface area contributed by atoms with E-state index in [1.54, 1.807) is 11.2 Å². The number of imidazole rings is 2.